The Balaban J connectivity index is 2.27. The molecule has 0 aliphatic rings. The number of aromatic amines is 1. The fourth-order valence-corrected chi connectivity index (χ4v) is 2.76. The number of nitrogens with zero attached hydrogens (tertiary/aromatic N) is 1. The van der Waals surface area contributed by atoms with Gasteiger partial charge in [0.1, 0.15) is 5.82 Å². The minimum atomic E-state index is 0.804. The first-order valence-corrected chi connectivity index (χ1v) is 6.33. The number of nitrogens with two attached hydrogens (primary N) is 1. The predicted molar refractivity (Wildman–Crippen MR) is 73.3 cm³/mol. The van der Waals surface area contributed by atoms with Gasteiger partial charge in [0.05, 0.1) is 21.6 Å². The van der Waals surface area contributed by atoms with E-state index in [0.717, 1.165) is 27.4 Å². The molecular formula is C13H13N3S. The van der Waals surface area contributed by atoms with Gasteiger partial charge in [-0.1, -0.05) is 6.07 Å². The molecule has 3 N–H and O–H groups in total. The molecule has 0 radical (unpaired) electrons. The highest BCUT2D eigenvalue weighted by molar-refractivity contribution is 7.14. The van der Waals surface area contributed by atoms with Crippen LogP contribution in [0.15, 0.2) is 23.6 Å². The van der Waals surface area contributed by atoms with E-state index in [2.05, 4.69) is 35.9 Å². The van der Waals surface area contributed by atoms with Gasteiger partial charge in [0.2, 0.25) is 0 Å². The topological polar surface area (TPSA) is 54.7 Å². The molecule has 0 bridgehead atoms. The average Bonchev–Trinajstić information content (AvgIpc) is 2.83. The summed E-state index contributed by atoms with van der Waals surface area (Å²) in [5.74, 6) is 0.854. The molecule has 0 spiro atoms. The van der Waals surface area contributed by atoms with Crippen molar-refractivity contribution in [1.82, 2.24) is 9.97 Å². The lowest BCUT2D eigenvalue weighted by Crippen LogP contribution is -1.84. The van der Waals surface area contributed by atoms with Crippen LogP contribution in [0.25, 0.3) is 22.4 Å². The first kappa shape index (κ1) is 10.4. The van der Waals surface area contributed by atoms with Gasteiger partial charge in [0.25, 0.3) is 0 Å². The molecule has 0 amide bonds. The summed E-state index contributed by atoms with van der Waals surface area (Å²) >= 11 is 1.53. The molecule has 0 saturated heterocycles. The van der Waals surface area contributed by atoms with Crippen LogP contribution in [-0.2, 0) is 0 Å². The number of thiophene rings is 1. The Kier molecular flexibility index (Phi) is 2.19. The van der Waals surface area contributed by atoms with Crippen LogP contribution < -0.4 is 5.73 Å². The van der Waals surface area contributed by atoms with E-state index in [1.807, 2.05) is 11.4 Å². The molecule has 0 aliphatic heterocycles. The maximum absolute atomic E-state index is 5.92. The van der Waals surface area contributed by atoms with Crippen LogP contribution >= 0.6 is 11.3 Å². The van der Waals surface area contributed by atoms with Gasteiger partial charge in [-0.3, -0.25) is 0 Å². The lowest BCUT2D eigenvalue weighted by atomic mass is 10.1. The molecule has 0 aliphatic carbocycles. The second-order valence-corrected chi connectivity index (χ2v) is 5.21. The Labute approximate surface area is 103 Å². The number of hydrogen-bond acceptors (Lipinski definition) is 3. The summed E-state index contributed by atoms with van der Waals surface area (Å²) in [5.41, 5.74) is 11.4. The van der Waals surface area contributed by atoms with Gasteiger partial charge < -0.3 is 10.7 Å². The molecule has 2 heterocycles. The summed E-state index contributed by atoms with van der Waals surface area (Å²) in [6, 6.07) is 6.26. The lowest BCUT2D eigenvalue weighted by molar-refractivity contribution is 1.34. The molecule has 3 nitrogen and oxygen atoms in total. The van der Waals surface area contributed by atoms with E-state index in [-0.39, 0.29) is 0 Å². The SMILES string of the molecule is Cc1cc(C)c2nc(-c3ccsc3N)[nH]c2c1. The van der Waals surface area contributed by atoms with E-state index in [1.54, 1.807) is 0 Å². The second-order valence-electron chi connectivity index (χ2n) is 4.26. The third kappa shape index (κ3) is 1.61. The highest BCUT2D eigenvalue weighted by Gasteiger charge is 2.10. The smallest absolute Gasteiger partial charge is 0.141 e. The summed E-state index contributed by atoms with van der Waals surface area (Å²) in [7, 11) is 0. The molecular weight excluding hydrogens is 230 g/mol. The average molecular weight is 243 g/mol. The van der Waals surface area contributed by atoms with Gasteiger partial charge in [0.15, 0.2) is 0 Å². The van der Waals surface area contributed by atoms with Gasteiger partial charge in [-0.25, -0.2) is 4.98 Å². The van der Waals surface area contributed by atoms with Crippen LogP contribution in [0.2, 0.25) is 0 Å². The van der Waals surface area contributed by atoms with Gasteiger partial charge in [-0.05, 0) is 42.5 Å². The quantitative estimate of drug-likeness (QED) is 0.687. The first-order chi connectivity index (χ1) is 8.15. The number of hydrogen-bond donors (Lipinski definition) is 2. The zero-order valence-corrected chi connectivity index (χ0v) is 10.6. The van der Waals surface area contributed by atoms with Crippen molar-refractivity contribution in [2.24, 2.45) is 0 Å². The number of nitrogens with one attached hydrogen (secondary N) is 1. The van der Waals surface area contributed by atoms with Crippen molar-refractivity contribution < 1.29 is 0 Å². The number of aromatic nitrogens is 2. The summed E-state index contributed by atoms with van der Waals surface area (Å²) in [6.07, 6.45) is 0. The number of nitrogen functional groups attached to an aromatic ring is 1. The van der Waals surface area contributed by atoms with Crippen molar-refractivity contribution >= 4 is 27.4 Å². The molecule has 0 unspecified atom stereocenters. The Morgan fingerprint density at radius 2 is 2.12 bits per heavy atom. The normalized spacial score (nSPS) is 11.2. The van der Waals surface area contributed by atoms with E-state index >= 15 is 0 Å². The number of fused-ring (bicyclic) bond motifs is 1. The number of benzene rings is 1. The number of H-pyrrole nitrogens is 1. The number of aryl methyl sites for hydroxylation is 2. The molecule has 4 heteroatoms. The third-order valence-corrected chi connectivity index (χ3v) is 3.62. The lowest BCUT2D eigenvalue weighted by Gasteiger charge is -1.96. The monoisotopic (exact) mass is 243 g/mol. The molecule has 17 heavy (non-hydrogen) atoms. The van der Waals surface area contributed by atoms with Crippen LogP contribution in [0.3, 0.4) is 0 Å². The van der Waals surface area contributed by atoms with Crippen LogP contribution in [0.5, 0.6) is 0 Å². The number of anilines is 1. The molecule has 0 fully saturated rings. The predicted octanol–water partition coefficient (Wildman–Crippen LogP) is 3.49. The van der Waals surface area contributed by atoms with E-state index < -0.39 is 0 Å². The van der Waals surface area contributed by atoms with Crippen LogP contribution in [0, 0.1) is 13.8 Å². The molecule has 1 aromatic carbocycles. The Morgan fingerprint density at radius 3 is 2.82 bits per heavy atom. The molecule has 2 aromatic heterocycles. The highest BCUT2D eigenvalue weighted by Crippen LogP contribution is 2.30. The fraction of sp³-hybridized carbons (Fsp3) is 0.154. The Hall–Kier alpha value is -1.81. The van der Waals surface area contributed by atoms with Crippen LogP contribution in [0.1, 0.15) is 11.1 Å². The molecule has 3 rings (SSSR count). The maximum atomic E-state index is 5.92. The largest absolute Gasteiger partial charge is 0.390 e. The van der Waals surface area contributed by atoms with Crippen LogP contribution in [-0.4, -0.2) is 9.97 Å². The summed E-state index contributed by atoms with van der Waals surface area (Å²) in [5, 5.41) is 2.79. The molecule has 0 saturated carbocycles. The van der Waals surface area contributed by atoms with Crippen molar-refractivity contribution in [2.75, 3.05) is 5.73 Å². The Bertz CT molecular complexity index is 694. The zero-order valence-electron chi connectivity index (χ0n) is 9.74. The number of rotatable bonds is 1. The Morgan fingerprint density at radius 1 is 1.29 bits per heavy atom. The van der Waals surface area contributed by atoms with E-state index in [1.165, 1.54) is 22.5 Å². The molecule has 0 atom stereocenters. The van der Waals surface area contributed by atoms with Crippen molar-refractivity contribution in [2.45, 2.75) is 13.8 Å². The van der Waals surface area contributed by atoms with Gasteiger partial charge in [-0.15, -0.1) is 11.3 Å². The molecule has 3 aromatic rings. The summed E-state index contributed by atoms with van der Waals surface area (Å²) in [6.45, 7) is 4.17. The van der Waals surface area contributed by atoms with E-state index in [4.69, 9.17) is 5.73 Å². The summed E-state index contributed by atoms with van der Waals surface area (Å²) < 4.78 is 0. The van der Waals surface area contributed by atoms with Crippen molar-refractivity contribution in [3.8, 4) is 11.4 Å². The van der Waals surface area contributed by atoms with E-state index in [0.29, 0.717) is 0 Å². The second kappa shape index (κ2) is 3.60. The van der Waals surface area contributed by atoms with Crippen LogP contribution in [0.4, 0.5) is 5.00 Å². The number of imidazole rings is 1. The molecule has 86 valence electrons. The first-order valence-electron chi connectivity index (χ1n) is 5.45. The minimum absolute atomic E-state index is 0.804. The summed E-state index contributed by atoms with van der Waals surface area (Å²) in [4.78, 5) is 7.96. The van der Waals surface area contributed by atoms with Gasteiger partial charge in [0, 0.05) is 0 Å². The van der Waals surface area contributed by atoms with Gasteiger partial charge in [-0.2, -0.15) is 0 Å². The third-order valence-electron chi connectivity index (χ3n) is 2.87. The van der Waals surface area contributed by atoms with Crippen molar-refractivity contribution in [3.63, 3.8) is 0 Å². The van der Waals surface area contributed by atoms with Gasteiger partial charge >= 0.3 is 0 Å². The van der Waals surface area contributed by atoms with Crippen molar-refractivity contribution in [3.05, 3.63) is 34.7 Å². The zero-order chi connectivity index (χ0) is 12.0. The van der Waals surface area contributed by atoms with Crippen molar-refractivity contribution in [1.29, 1.82) is 0 Å². The maximum Gasteiger partial charge on any atom is 0.141 e. The van der Waals surface area contributed by atoms with E-state index in [9.17, 15) is 0 Å². The fourth-order valence-electron chi connectivity index (χ4n) is 2.12. The minimum Gasteiger partial charge on any atom is -0.390 e. The standard InChI is InChI=1S/C13H13N3S/c1-7-5-8(2)11-10(6-7)15-13(16-11)9-3-4-17-12(9)14/h3-6H,14H2,1-2H3,(H,15,16). The highest BCUT2D eigenvalue weighted by atomic mass is 32.1.